The van der Waals surface area contributed by atoms with Gasteiger partial charge in [0, 0.05) is 5.88 Å². The van der Waals surface area contributed by atoms with Gasteiger partial charge in [-0.2, -0.15) is 18.4 Å². The van der Waals surface area contributed by atoms with Gasteiger partial charge in [-0.3, -0.25) is 0 Å². The minimum Gasteiger partial charge on any atom is -0.462 e. The number of rotatable bonds is 3. The molecule has 3 nitrogen and oxygen atoms in total. The molecule has 0 radical (unpaired) electrons. The topological polar surface area (TPSA) is 50.1 Å². The molecule has 0 amide bonds. The third-order valence-electron chi connectivity index (χ3n) is 2.25. The Morgan fingerprint density at radius 3 is 2.53 bits per heavy atom. The number of hydrogen-bond acceptors (Lipinski definition) is 3. The molecule has 1 aromatic rings. The second kappa shape index (κ2) is 5.93. The van der Waals surface area contributed by atoms with E-state index in [9.17, 15) is 18.0 Å². The van der Waals surface area contributed by atoms with Crippen LogP contribution in [0.15, 0.2) is 12.1 Å². The van der Waals surface area contributed by atoms with Crippen molar-refractivity contribution < 1.29 is 22.7 Å². The molecule has 7 heteroatoms. The number of hydrogen-bond donors (Lipinski definition) is 0. The smallest absolute Gasteiger partial charge is 0.418 e. The zero-order valence-corrected chi connectivity index (χ0v) is 10.6. The molecule has 1 rings (SSSR count). The van der Waals surface area contributed by atoms with E-state index in [1.54, 1.807) is 0 Å². The summed E-state index contributed by atoms with van der Waals surface area (Å²) in [4.78, 5) is 11.6. The van der Waals surface area contributed by atoms with Crippen LogP contribution in [0.2, 0.25) is 0 Å². The number of carbonyl (C=O) groups excluding carboxylic acids is 1. The van der Waals surface area contributed by atoms with E-state index in [1.165, 1.54) is 13.0 Å². The number of nitrogens with zero attached hydrogens (tertiary/aromatic N) is 1. The Bertz CT molecular complexity index is 535. The highest BCUT2D eigenvalue weighted by Gasteiger charge is 2.39. The Balaban J connectivity index is 3.57. The van der Waals surface area contributed by atoms with E-state index in [1.807, 2.05) is 0 Å². The Labute approximate surface area is 112 Å². The first-order valence-electron chi connectivity index (χ1n) is 5.22. The van der Waals surface area contributed by atoms with E-state index in [0.29, 0.717) is 0 Å². The normalized spacial score (nSPS) is 10.9. The maximum atomic E-state index is 12.9. The van der Waals surface area contributed by atoms with E-state index in [-0.39, 0.29) is 18.1 Å². The van der Waals surface area contributed by atoms with E-state index in [2.05, 4.69) is 4.74 Å². The molecule has 0 aliphatic carbocycles. The summed E-state index contributed by atoms with van der Waals surface area (Å²) in [5.41, 5.74) is -2.38. The average Bonchev–Trinajstić information content (AvgIpc) is 2.36. The van der Waals surface area contributed by atoms with Crippen LogP contribution in [0.3, 0.4) is 0 Å². The number of halogens is 4. The van der Waals surface area contributed by atoms with Crippen molar-refractivity contribution in [2.24, 2.45) is 0 Å². The first kappa shape index (κ1) is 15.3. The summed E-state index contributed by atoms with van der Waals surface area (Å²) >= 11 is 5.53. The Kier molecular flexibility index (Phi) is 4.78. The monoisotopic (exact) mass is 291 g/mol. The molecule has 0 atom stereocenters. The van der Waals surface area contributed by atoms with Crippen LogP contribution in [0.5, 0.6) is 0 Å². The van der Waals surface area contributed by atoms with Gasteiger partial charge in [0.1, 0.15) is 0 Å². The van der Waals surface area contributed by atoms with Crippen molar-refractivity contribution in [2.45, 2.75) is 19.0 Å². The van der Waals surface area contributed by atoms with E-state index >= 15 is 0 Å². The highest BCUT2D eigenvalue weighted by atomic mass is 35.5. The van der Waals surface area contributed by atoms with Gasteiger partial charge < -0.3 is 4.74 Å². The lowest BCUT2D eigenvalue weighted by Gasteiger charge is -2.14. The summed E-state index contributed by atoms with van der Waals surface area (Å²) < 4.78 is 43.4. The van der Waals surface area contributed by atoms with Gasteiger partial charge in [-0.05, 0) is 24.6 Å². The van der Waals surface area contributed by atoms with Crippen LogP contribution in [0.1, 0.15) is 34.0 Å². The molecule has 0 fully saturated rings. The van der Waals surface area contributed by atoms with Crippen molar-refractivity contribution in [3.63, 3.8) is 0 Å². The molecule has 0 unspecified atom stereocenters. The highest BCUT2D eigenvalue weighted by Crippen LogP contribution is 2.36. The van der Waals surface area contributed by atoms with Gasteiger partial charge in [0.2, 0.25) is 0 Å². The average molecular weight is 292 g/mol. The van der Waals surface area contributed by atoms with Gasteiger partial charge in [0.15, 0.2) is 0 Å². The summed E-state index contributed by atoms with van der Waals surface area (Å²) in [6, 6.07) is 3.43. The SMILES string of the molecule is CCOC(=O)c1cc(CCl)cc(C#N)c1C(F)(F)F. The minimum atomic E-state index is -4.82. The largest absolute Gasteiger partial charge is 0.462 e. The van der Waals surface area contributed by atoms with E-state index in [0.717, 1.165) is 12.1 Å². The molecule has 19 heavy (non-hydrogen) atoms. The molecule has 0 spiro atoms. The Morgan fingerprint density at radius 1 is 1.47 bits per heavy atom. The highest BCUT2D eigenvalue weighted by molar-refractivity contribution is 6.17. The molecule has 0 bridgehead atoms. The van der Waals surface area contributed by atoms with Crippen LogP contribution < -0.4 is 0 Å². The van der Waals surface area contributed by atoms with Crippen LogP contribution >= 0.6 is 11.6 Å². The lowest BCUT2D eigenvalue weighted by molar-refractivity contribution is -0.138. The third kappa shape index (κ3) is 3.38. The van der Waals surface area contributed by atoms with E-state index in [4.69, 9.17) is 16.9 Å². The van der Waals surface area contributed by atoms with Gasteiger partial charge in [-0.15, -0.1) is 11.6 Å². The summed E-state index contributed by atoms with van der Waals surface area (Å²) in [7, 11) is 0. The van der Waals surface area contributed by atoms with Crippen LogP contribution in [-0.2, 0) is 16.8 Å². The van der Waals surface area contributed by atoms with Crippen LogP contribution in [-0.4, -0.2) is 12.6 Å². The maximum absolute atomic E-state index is 12.9. The standard InChI is InChI=1S/C12H9ClF3NO2/c1-2-19-11(18)9-4-7(5-13)3-8(6-17)10(9)12(14,15)16/h3-4H,2,5H2,1H3. The lowest BCUT2D eigenvalue weighted by atomic mass is 9.98. The molecule has 0 heterocycles. The number of carbonyl (C=O) groups is 1. The van der Waals surface area contributed by atoms with Crippen molar-refractivity contribution in [2.75, 3.05) is 6.61 Å². The number of alkyl halides is 4. The molecule has 0 aromatic heterocycles. The molecule has 102 valence electrons. The lowest BCUT2D eigenvalue weighted by Crippen LogP contribution is -2.17. The molecular formula is C12H9ClF3NO2. The summed E-state index contributed by atoms with van der Waals surface area (Å²) in [6.07, 6.45) is -4.82. The fourth-order valence-electron chi connectivity index (χ4n) is 1.54. The fourth-order valence-corrected chi connectivity index (χ4v) is 1.70. The van der Waals surface area contributed by atoms with Crippen LogP contribution in [0, 0.1) is 11.3 Å². The fraction of sp³-hybridized carbons (Fsp3) is 0.333. The number of benzene rings is 1. The van der Waals surface area contributed by atoms with E-state index < -0.39 is 28.8 Å². The summed E-state index contributed by atoms with van der Waals surface area (Å²) in [5, 5.41) is 8.79. The molecule has 0 aliphatic heterocycles. The predicted octanol–water partition coefficient (Wildman–Crippen LogP) is 3.49. The van der Waals surface area contributed by atoms with Crippen molar-refractivity contribution in [3.8, 4) is 6.07 Å². The molecule has 0 N–H and O–H groups in total. The molecule has 0 aliphatic rings. The van der Waals surface area contributed by atoms with Gasteiger partial charge in [0.05, 0.1) is 29.4 Å². The quantitative estimate of drug-likeness (QED) is 0.632. The van der Waals surface area contributed by atoms with Gasteiger partial charge in [-0.25, -0.2) is 4.79 Å². The molecule has 0 saturated heterocycles. The predicted molar refractivity (Wildman–Crippen MR) is 61.7 cm³/mol. The molecule has 1 aromatic carbocycles. The summed E-state index contributed by atoms with van der Waals surface area (Å²) in [6.45, 7) is 1.41. The molecular weight excluding hydrogens is 283 g/mol. The van der Waals surface area contributed by atoms with Gasteiger partial charge in [-0.1, -0.05) is 0 Å². The number of nitriles is 1. The van der Waals surface area contributed by atoms with Crippen molar-refractivity contribution >= 4 is 17.6 Å². The second-order valence-corrected chi connectivity index (χ2v) is 3.80. The van der Waals surface area contributed by atoms with Crippen LogP contribution in [0.25, 0.3) is 0 Å². The van der Waals surface area contributed by atoms with Crippen LogP contribution in [0.4, 0.5) is 13.2 Å². The van der Waals surface area contributed by atoms with Crippen molar-refractivity contribution in [1.29, 1.82) is 5.26 Å². The Morgan fingerprint density at radius 2 is 2.11 bits per heavy atom. The summed E-state index contributed by atoms with van der Waals surface area (Å²) in [5.74, 6) is -1.24. The Hall–Kier alpha value is -1.74. The first-order valence-corrected chi connectivity index (χ1v) is 5.75. The number of esters is 1. The van der Waals surface area contributed by atoms with Crippen molar-refractivity contribution in [3.05, 3.63) is 34.4 Å². The molecule has 0 saturated carbocycles. The third-order valence-corrected chi connectivity index (χ3v) is 2.56. The van der Waals surface area contributed by atoms with Gasteiger partial charge in [0.25, 0.3) is 0 Å². The zero-order chi connectivity index (χ0) is 14.6. The number of ether oxygens (including phenoxy) is 1. The van der Waals surface area contributed by atoms with Gasteiger partial charge >= 0.3 is 12.1 Å². The maximum Gasteiger partial charge on any atom is 0.418 e. The second-order valence-electron chi connectivity index (χ2n) is 3.53. The first-order chi connectivity index (χ1) is 8.85. The van der Waals surface area contributed by atoms with Crippen molar-refractivity contribution in [1.82, 2.24) is 0 Å². The minimum absolute atomic E-state index is 0.0663. The zero-order valence-electron chi connectivity index (χ0n) is 9.84.